The molecule has 0 fully saturated rings. The molecule has 2 N–H and O–H groups in total. The fraction of sp³-hybridized carbons (Fsp3) is 1.00. The van der Waals surface area contributed by atoms with Crippen LogP contribution in [0.4, 0.5) is 0 Å². The summed E-state index contributed by atoms with van der Waals surface area (Å²) in [4.78, 5) is 0. The summed E-state index contributed by atoms with van der Waals surface area (Å²) in [7, 11) is -3.94. The molecule has 0 aliphatic rings. The van der Waals surface area contributed by atoms with E-state index in [9.17, 15) is 14.8 Å². The van der Waals surface area contributed by atoms with E-state index in [1.54, 1.807) is 0 Å². The first-order valence-corrected chi connectivity index (χ1v) is 18.6. The molecule has 8 heteroatoms. The molecule has 0 spiro atoms. The number of aliphatic hydroxyl groups is 2. The van der Waals surface area contributed by atoms with Crippen LogP contribution in [0, 0.1) is 0 Å². The number of aliphatic hydroxyl groups excluding tert-OH is 2. The molecule has 40 heavy (non-hydrogen) atoms. The maximum atomic E-state index is 13.3. The number of nitrogens with zero attached hydrogens (tertiary/aromatic N) is 1. The third-order valence-corrected chi connectivity index (χ3v) is 8.81. The minimum Gasteiger partial charge on any atom is -0.376 e. The van der Waals surface area contributed by atoms with Crippen molar-refractivity contribution < 1.29 is 28.5 Å². The van der Waals surface area contributed by atoms with Crippen LogP contribution in [0.5, 0.6) is 0 Å². The van der Waals surface area contributed by atoms with Gasteiger partial charge >= 0.3 is 7.82 Å². The Morgan fingerprint density at radius 1 is 0.500 bits per heavy atom. The molecule has 0 radical (unpaired) electrons. The highest BCUT2D eigenvalue weighted by Crippen LogP contribution is 2.51. The van der Waals surface area contributed by atoms with Crippen LogP contribution < -0.4 is 0 Å². The Hall–Kier alpha value is -0.0100. The molecule has 242 valence electrons. The predicted octanol–water partition coefficient (Wildman–Crippen LogP) is 10.4. The van der Waals surface area contributed by atoms with E-state index in [-0.39, 0.29) is 13.2 Å². The van der Waals surface area contributed by atoms with Crippen molar-refractivity contribution in [2.75, 3.05) is 13.2 Å². The predicted molar refractivity (Wildman–Crippen MR) is 168 cm³/mol. The number of rotatable bonds is 32. The molecule has 0 aliphatic heterocycles. The molecular weight excluding hydrogens is 525 g/mol. The van der Waals surface area contributed by atoms with Crippen molar-refractivity contribution in [3.05, 3.63) is 0 Å². The lowest BCUT2D eigenvalue weighted by atomic mass is 10.1. The van der Waals surface area contributed by atoms with Gasteiger partial charge in [0.25, 0.3) is 0 Å². The van der Waals surface area contributed by atoms with Crippen molar-refractivity contribution in [3.8, 4) is 0 Å². The largest absolute Gasteiger partial charge is 0.491 e. The minimum absolute atomic E-state index is 0.264. The zero-order chi connectivity index (χ0) is 29.7. The van der Waals surface area contributed by atoms with E-state index in [0.717, 1.165) is 43.6 Å². The van der Waals surface area contributed by atoms with Gasteiger partial charge in [-0.05, 0) is 26.7 Å². The monoisotopic (exact) mass is 593 g/mol. The van der Waals surface area contributed by atoms with Crippen molar-refractivity contribution in [1.82, 2.24) is 5.06 Å². The van der Waals surface area contributed by atoms with E-state index >= 15 is 0 Å². The third-order valence-electron chi connectivity index (χ3n) is 7.43. The SMILES string of the molecule is CCCCCCCCCCCCCCOP(=O)(OCCCCCCCCCCCCCC)ON(C(C)O)C(C)O. The molecule has 0 aromatic carbocycles. The maximum Gasteiger partial charge on any atom is 0.491 e. The molecule has 0 aliphatic carbocycles. The first-order valence-electron chi connectivity index (χ1n) is 17.1. The zero-order valence-electron chi connectivity index (χ0n) is 27.0. The fourth-order valence-corrected chi connectivity index (χ4v) is 6.27. The Morgan fingerprint density at radius 3 is 1.00 bits per heavy atom. The molecule has 0 bridgehead atoms. The second-order valence-electron chi connectivity index (χ2n) is 11.6. The molecule has 0 aromatic rings. The number of hydroxylamine groups is 2. The molecular formula is C32H68NO6P. The number of hydrogen-bond acceptors (Lipinski definition) is 7. The molecule has 0 saturated carbocycles. The summed E-state index contributed by atoms with van der Waals surface area (Å²) >= 11 is 0. The van der Waals surface area contributed by atoms with Crippen LogP contribution in [-0.2, 0) is 18.2 Å². The lowest BCUT2D eigenvalue weighted by molar-refractivity contribution is -0.247. The van der Waals surface area contributed by atoms with Crippen LogP contribution in [0.25, 0.3) is 0 Å². The van der Waals surface area contributed by atoms with Crippen molar-refractivity contribution in [1.29, 1.82) is 0 Å². The van der Waals surface area contributed by atoms with Crippen LogP contribution >= 0.6 is 7.82 Å². The molecule has 0 aromatic heterocycles. The highest BCUT2D eigenvalue weighted by Gasteiger charge is 2.34. The lowest BCUT2D eigenvalue weighted by Crippen LogP contribution is -2.39. The number of unbranched alkanes of at least 4 members (excludes halogenated alkanes) is 22. The van der Waals surface area contributed by atoms with Gasteiger partial charge in [0.1, 0.15) is 12.5 Å². The van der Waals surface area contributed by atoms with Gasteiger partial charge in [0.2, 0.25) is 0 Å². The van der Waals surface area contributed by atoms with Gasteiger partial charge in [-0.15, -0.1) is 5.06 Å². The number of phosphoric ester groups is 1. The number of hydrogen-bond donors (Lipinski definition) is 2. The van der Waals surface area contributed by atoms with Gasteiger partial charge in [0.05, 0.1) is 13.2 Å². The Balaban J connectivity index is 4.13. The van der Waals surface area contributed by atoms with Crippen LogP contribution in [-0.4, -0.2) is 40.9 Å². The van der Waals surface area contributed by atoms with Crippen LogP contribution in [0.1, 0.15) is 182 Å². The van der Waals surface area contributed by atoms with Crippen molar-refractivity contribution in [2.45, 2.75) is 194 Å². The summed E-state index contributed by atoms with van der Waals surface area (Å²) in [6, 6.07) is 0. The number of phosphoric acid groups is 1. The molecule has 0 heterocycles. The van der Waals surface area contributed by atoms with Gasteiger partial charge in [-0.25, -0.2) is 4.57 Å². The lowest BCUT2D eigenvalue weighted by Gasteiger charge is -2.29. The van der Waals surface area contributed by atoms with Crippen molar-refractivity contribution in [2.24, 2.45) is 0 Å². The summed E-state index contributed by atoms with van der Waals surface area (Å²) in [5.41, 5.74) is 0. The molecule has 2 atom stereocenters. The smallest absolute Gasteiger partial charge is 0.376 e. The second-order valence-corrected chi connectivity index (χ2v) is 13.2. The highest BCUT2D eigenvalue weighted by molar-refractivity contribution is 7.48. The second kappa shape index (κ2) is 29.1. The average molecular weight is 594 g/mol. The van der Waals surface area contributed by atoms with E-state index in [1.807, 2.05) is 0 Å². The Bertz CT molecular complexity index is 522. The molecule has 0 amide bonds. The summed E-state index contributed by atoms with van der Waals surface area (Å²) in [5, 5.41) is 20.7. The van der Waals surface area contributed by atoms with E-state index in [2.05, 4.69) is 13.8 Å². The van der Waals surface area contributed by atoms with E-state index in [4.69, 9.17) is 13.7 Å². The van der Waals surface area contributed by atoms with Gasteiger partial charge in [-0.2, -0.15) is 4.62 Å². The average Bonchev–Trinajstić information content (AvgIpc) is 2.92. The quantitative estimate of drug-likeness (QED) is 0.0347. The first kappa shape index (κ1) is 40.0. The van der Waals surface area contributed by atoms with Crippen molar-refractivity contribution in [3.63, 3.8) is 0 Å². The summed E-state index contributed by atoms with van der Waals surface area (Å²) in [6.45, 7) is 7.91. The fourth-order valence-electron chi connectivity index (χ4n) is 4.89. The van der Waals surface area contributed by atoms with Gasteiger partial charge in [0.15, 0.2) is 0 Å². The summed E-state index contributed by atoms with van der Waals surface area (Å²) < 4.78 is 29.9. The zero-order valence-corrected chi connectivity index (χ0v) is 27.9. The van der Waals surface area contributed by atoms with Gasteiger partial charge < -0.3 is 10.2 Å². The topological polar surface area (TPSA) is 88.5 Å². The van der Waals surface area contributed by atoms with Gasteiger partial charge in [-0.3, -0.25) is 9.05 Å². The van der Waals surface area contributed by atoms with E-state index in [1.165, 1.54) is 129 Å². The Kier molecular flexibility index (Phi) is 29.1. The van der Waals surface area contributed by atoms with Crippen LogP contribution in [0.2, 0.25) is 0 Å². The molecule has 0 rings (SSSR count). The van der Waals surface area contributed by atoms with Crippen molar-refractivity contribution >= 4 is 7.82 Å². The standard InChI is InChI=1S/C32H68NO6P/c1-5-7-9-11-13-15-17-19-21-23-25-27-29-37-40(36,39-33(31(3)34)32(4)35)38-30-28-26-24-22-20-18-16-14-12-10-8-6-2/h31-32,34-35H,5-30H2,1-4H3. The minimum atomic E-state index is -3.94. The molecule has 7 nitrogen and oxygen atoms in total. The van der Waals surface area contributed by atoms with Crippen LogP contribution in [0.3, 0.4) is 0 Å². The van der Waals surface area contributed by atoms with Gasteiger partial charge in [0, 0.05) is 0 Å². The van der Waals surface area contributed by atoms with E-state index in [0.29, 0.717) is 0 Å². The normalized spacial score (nSPS) is 13.8. The van der Waals surface area contributed by atoms with E-state index < -0.39 is 20.3 Å². The van der Waals surface area contributed by atoms with Gasteiger partial charge in [-0.1, -0.05) is 155 Å². The summed E-state index contributed by atoms with van der Waals surface area (Å²) in [6.07, 6.45) is 27.4. The first-order chi connectivity index (χ1) is 19.4. The summed E-state index contributed by atoms with van der Waals surface area (Å²) in [5.74, 6) is 0. The molecule has 2 unspecified atom stereocenters. The highest BCUT2D eigenvalue weighted by atomic mass is 31.2. The van der Waals surface area contributed by atoms with Crippen LogP contribution in [0.15, 0.2) is 0 Å². The Labute approximate surface area is 248 Å². The third kappa shape index (κ3) is 25.7. The molecule has 0 saturated heterocycles. The maximum absolute atomic E-state index is 13.3. The Morgan fingerprint density at radius 2 is 0.750 bits per heavy atom.